The van der Waals surface area contributed by atoms with E-state index in [1.165, 1.54) is 12.1 Å². The second-order valence-electron chi connectivity index (χ2n) is 4.67. The molecule has 0 unspecified atom stereocenters. The van der Waals surface area contributed by atoms with E-state index in [1.807, 2.05) is 0 Å². The van der Waals surface area contributed by atoms with Gasteiger partial charge >= 0.3 is 0 Å². The van der Waals surface area contributed by atoms with Crippen molar-refractivity contribution in [2.75, 3.05) is 12.3 Å². The monoisotopic (exact) mass is 258 g/mol. The molecule has 0 aliphatic rings. The van der Waals surface area contributed by atoms with E-state index < -0.39 is 15.6 Å². The van der Waals surface area contributed by atoms with Crippen LogP contribution >= 0.6 is 0 Å². The minimum absolute atomic E-state index is 0.0992. The zero-order chi connectivity index (χ0) is 13.3. The lowest BCUT2D eigenvalue weighted by molar-refractivity contribution is 0.208. The Labute approximate surface area is 102 Å². The SMILES string of the molecule is Cc1ccc(S(=O)(=O)NC(C)(C)CO)cc1N. The third-order valence-corrected chi connectivity index (χ3v) is 4.06. The molecule has 0 heterocycles. The summed E-state index contributed by atoms with van der Waals surface area (Å²) < 4.78 is 26.4. The number of hydrogen-bond donors (Lipinski definition) is 3. The fraction of sp³-hybridized carbons (Fsp3) is 0.455. The zero-order valence-corrected chi connectivity index (χ0v) is 11.0. The van der Waals surface area contributed by atoms with Gasteiger partial charge in [0.05, 0.1) is 17.0 Å². The van der Waals surface area contributed by atoms with Crippen LogP contribution in [-0.4, -0.2) is 25.7 Å². The largest absolute Gasteiger partial charge is 0.398 e. The van der Waals surface area contributed by atoms with Crippen LogP contribution in [0.2, 0.25) is 0 Å². The van der Waals surface area contributed by atoms with Crippen LogP contribution in [0.25, 0.3) is 0 Å². The Morgan fingerprint density at radius 2 is 2.00 bits per heavy atom. The van der Waals surface area contributed by atoms with Gasteiger partial charge in [0.25, 0.3) is 0 Å². The molecule has 0 amide bonds. The van der Waals surface area contributed by atoms with Gasteiger partial charge in [-0.15, -0.1) is 0 Å². The Balaban J connectivity index is 3.10. The lowest BCUT2D eigenvalue weighted by atomic mass is 10.1. The van der Waals surface area contributed by atoms with Gasteiger partial charge in [-0.25, -0.2) is 13.1 Å². The smallest absolute Gasteiger partial charge is 0.241 e. The van der Waals surface area contributed by atoms with Crippen LogP contribution in [-0.2, 0) is 10.0 Å². The van der Waals surface area contributed by atoms with Crippen molar-refractivity contribution in [2.45, 2.75) is 31.2 Å². The molecule has 0 aliphatic heterocycles. The quantitative estimate of drug-likeness (QED) is 0.690. The summed E-state index contributed by atoms with van der Waals surface area (Å²) in [6.45, 7) is 4.72. The maximum absolute atomic E-state index is 12.0. The molecule has 0 radical (unpaired) electrons. The molecule has 1 aromatic carbocycles. The number of aliphatic hydroxyl groups excluding tert-OH is 1. The topological polar surface area (TPSA) is 92.4 Å². The molecule has 4 N–H and O–H groups in total. The van der Waals surface area contributed by atoms with Crippen LogP contribution in [0.3, 0.4) is 0 Å². The first-order chi connectivity index (χ1) is 7.68. The molecule has 1 aromatic rings. The molecule has 6 heteroatoms. The molecule has 5 nitrogen and oxygen atoms in total. The number of hydrogen-bond acceptors (Lipinski definition) is 4. The van der Waals surface area contributed by atoms with E-state index in [4.69, 9.17) is 10.8 Å². The molecule has 0 spiro atoms. The van der Waals surface area contributed by atoms with E-state index in [1.54, 1.807) is 26.8 Å². The summed E-state index contributed by atoms with van der Waals surface area (Å²) in [5.41, 5.74) is 6.02. The van der Waals surface area contributed by atoms with Crippen LogP contribution in [0.4, 0.5) is 5.69 Å². The molecule has 1 rings (SSSR count). The van der Waals surface area contributed by atoms with Gasteiger partial charge in [-0.3, -0.25) is 0 Å². The summed E-state index contributed by atoms with van der Waals surface area (Å²) in [5, 5.41) is 9.05. The first-order valence-electron chi connectivity index (χ1n) is 5.19. The Kier molecular flexibility index (Phi) is 3.81. The Bertz CT molecular complexity index is 509. The minimum atomic E-state index is -3.66. The van der Waals surface area contributed by atoms with Gasteiger partial charge in [-0.2, -0.15) is 0 Å². The highest BCUT2D eigenvalue weighted by atomic mass is 32.2. The summed E-state index contributed by atoms with van der Waals surface area (Å²) in [5.74, 6) is 0. The molecule has 0 fully saturated rings. The average Bonchev–Trinajstić information content (AvgIpc) is 2.20. The Morgan fingerprint density at radius 3 is 2.47 bits per heavy atom. The molecule has 96 valence electrons. The number of rotatable bonds is 4. The highest BCUT2D eigenvalue weighted by Gasteiger charge is 2.25. The molecule has 0 saturated heterocycles. The third kappa shape index (κ3) is 3.42. The molecular weight excluding hydrogens is 240 g/mol. The number of benzene rings is 1. The van der Waals surface area contributed by atoms with Crippen molar-refractivity contribution in [2.24, 2.45) is 0 Å². The summed E-state index contributed by atoms with van der Waals surface area (Å²) in [6, 6.07) is 4.54. The van der Waals surface area contributed by atoms with E-state index in [0.29, 0.717) is 5.69 Å². The zero-order valence-electron chi connectivity index (χ0n) is 10.2. The van der Waals surface area contributed by atoms with E-state index >= 15 is 0 Å². The van der Waals surface area contributed by atoms with Gasteiger partial charge < -0.3 is 10.8 Å². The Morgan fingerprint density at radius 1 is 1.41 bits per heavy atom. The van der Waals surface area contributed by atoms with E-state index in [9.17, 15) is 8.42 Å². The summed E-state index contributed by atoms with van der Waals surface area (Å²) in [7, 11) is -3.66. The second-order valence-corrected chi connectivity index (χ2v) is 6.35. The van der Waals surface area contributed by atoms with Crippen molar-refractivity contribution in [1.29, 1.82) is 0 Å². The number of nitrogen functional groups attached to an aromatic ring is 1. The first-order valence-corrected chi connectivity index (χ1v) is 6.67. The van der Waals surface area contributed by atoms with Crippen molar-refractivity contribution < 1.29 is 13.5 Å². The average molecular weight is 258 g/mol. The second kappa shape index (κ2) is 4.64. The number of aryl methyl sites for hydroxylation is 1. The highest BCUT2D eigenvalue weighted by molar-refractivity contribution is 7.89. The predicted molar refractivity (Wildman–Crippen MR) is 67.1 cm³/mol. The van der Waals surface area contributed by atoms with Crippen LogP contribution in [0.15, 0.2) is 23.1 Å². The fourth-order valence-electron chi connectivity index (χ4n) is 1.24. The molecular formula is C11H18N2O3S. The maximum Gasteiger partial charge on any atom is 0.241 e. The molecule has 0 bridgehead atoms. The van der Waals surface area contributed by atoms with Crippen LogP contribution in [0, 0.1) is 6.92 Å². The number of nitrogens with one attached hydrogen (secondary N) is 1. The number of anilines is 1. The normalized spacial score (nSPS) is 12.7. The van der Waals surface area contributed by atoms with Gasteiger partial charge in [0, 0.05) is 5.69 Å². The number of aliphatic hydroxyl groups is 1. The van der Waals surface area contributed by atoms with Gasteiger partial charge in [-0.1, -0.05) is 6.07 Å². The summed E-state index contributed by atoms with van der Waals surface area (Å²) in [4.78, 5) is 0.0992. The maximum atomic E-state index is 12.0. The minimum Gasteiger partial charge on any atom is -0.398 e. The van der Waals surface area contributed by atoms with Crippen molar-refractivity contribution in [1.82, 2.24) is 4.72 Å². The molecule has 0 aromatic heterocycles. The van der Waals surface area contributed by atoms with Crippen molar-refractivity contribution >= 4 is 15.7 Å². The van der Waals surface area contributed by atoms with Gasteiger partial charge in [0.15, 0.2) is 0 Å². The van der Waals surface area contributed by atoms with Crippen molar-refractivity contribution in [3.63, 3.8) is 0 Å². The van der Waals surface area contributed by atoms with Crippen molar-refractivity contribution in [3.8, 4) is 0 Å². The highest BCUT2D eigenvalue weighted by Crippen LogP contribution is 2.18. The van der Waals surface area contributed by atoms with Gasteiger partial charge in [0.2, 0.25) is 10.0 Å². The third-order valence-electron chi connectivity index (χ3n) is 2.37. The van der Waals surface area contributed by atoms with Crippen LogP contribution < -0.4 is 10.5 Å². The molecule has 0 atom stereocenters. The Hall–Kier alpha value is -1.11. The van der Waals surface area contributed by atoms with Gasteiger partial charge in [-0.05, 0) is 38.5 Å². The fourth-order valence-corrected chi connectivity index (χ4v) is 2.68. The molecule has 0 aliphatic carbocycles. The summed E-state index contributed by atoms with van der Waals surface area (Å²) >= 11 is 0. The standard InChI is InChI=1S/C11H18N2O3S/c1-8-4-5-9(6-10(8)12)17(15,16)13-11(2,3)7-14/h4-6,13-14H,7,12H2,1-3H3. The number of sulfonamides is 1. The summed E-state index contributed by atoms with van der Waals surface area (Å²) in [6.07, 6.45) is 0. The van der Waals surface area contributed by atoms with Crippen molar-refractivity contribution in [3.05, 3.63) is 23.8 Å². The number of nitrogens with two attached hydrogens (primary N) is 1. The van der Waals surface area contributed by atoms with Gasteiger partial charge in [0.1, 0.15) is 0 Å². The predicted octanol–water partition coefficient (Wildman–Crippen LogP) is 0.626. The van der Waals surface area contributed by atoms with E-state index in [0.717, 1.165) is 5.56 Å². The first kappa shape index (κ1) is 14.0. The molecule has 17 heavy (non-hydrogen) atoms. The van der Waals surface area contributed by atoms with E-state index in [-0.39, 0.29) is 11.5 Å². The van der Waals surface area contributed by atoms with Crippen LogP contribution in [0.1, 0.15) is 19.4 Å². The molecule has 0 saturated carbocycles. The van der Waals surface area contributed by atoms with Crippen LogP contribution in [0.5, 0.6) is 0 Å². The van der Waals surface area contributed by atoms with E-state index in [2.05, 4.69) is 4.72 Å². The lowest BCUT2D eigenvalue weighted by Crippen LogP contribution is -2.46. The lowest BCUT2D eigenvalue weighted by Gasteiger charge is -2.23.